The summed E-state index contributed by atoms with van der Waals surface area (Å²) in [5, 5.41) is 12.0. The van der Waals surface area contributed by atoms with E-state index in [2.05, 4.69) is 31.5 Å². The molecule has 0 atom stereocenters. The van der Waals surface area contributed by atoms with Crippen LogP contribution in [-0.2, 0) is 0 Å². The Morgan fingerprint density at radius 3 is 2.75 bits per heavy atom. The zero-order valence-corrected chi connectivity index (χ0v) is 12.9. The third kappa shape index (κ3) is 2.49. The molecule has 1 heterocycles. The summed E-state index contributed by atoms with van der Waals surface area (Å²) in [5.41, 5.74) is 1.67. The fourth-order valence-corrected chi connectivity index (χ4v) is 3.30. The fraction of sp³-hybridized carbons (Fsp3) is 0.500. The molecular weight excluding hydrogens is 323 g/mol. The molecule has 0 amide bonds. The lowest BCUT2D eigenvalue weighted by atomic mass is 9.88. The van der Waals surface area contributed by atoms with E-state index in [1.54, 1.807) is 10.7 Å². The minimum absolute atomic E-state index is 0.296. The molecular formula is C14H16BrFN4. The van der Waals surface area contributed by atoms with Gasteiger partial charge in [-0.2, -0.15) is 4.68 Å². The van der Waals surface area contributed by atoms with Gasteiger partial charge in [0.05, 0.1) is 10.2 Å². The largest absolute Gasteiger partial charge is 0.206 e. The molecule has 20 heavy (non-hydrogen) atoms. The molecule has 106 valence electrons. The van der Waals surface area contributed by atoms with Crippen molar-refractivity contribution in [1.29, 1.82) is 0 Å². The van der Waals surface area contributed by atoms with Gasteiger partial charge in [-0.3, -0.25) is 0 Å². The Kier molecular flexibility index (Phi) is 3.83. The van der Waals surface area contributed by atoms with E-state index in [0.717, 1.165) is 29.9 Å². The van der Waals surface area contributed by atoms with Gasteiger partial charge in [-0.25, -0.2) is 4.39 Å². The van der Waals surface area contributed by atoms with Crippen molar-refractivity contribution in [2.24, 2.45) is 0 Å². The Morgan fingerprint density at radius 1 is 1.25 bits per heavy atom. The average molecular weight is 339 g/mol. The standard InChI is InChI=1S/C14H16BrFN4/c1-9-7-11(15)12(16)8-13(9)20-14(17-18-19-20)10-5-3-2-4-6-10/h7-8,10H,2-6H2,1H3. The first-order valence-electron chi connectivity index (χ1n) is 6.91. The van der Waals surface area contributed by atoms with Crippen molar-refractivity contribution in [2.45, 2.75) is 44.9 Å². The molecule has 0 unspecified atom stereocenters. The highest BCUT2D eigenvalue weighted by atomic mass is 79.9. The van der Waals surface area contributed by atoms with Gasteiger partial charge < -0.3 is 0 Å². The number of hydrogen-bond donors (Lipinski definition) is 0. The van der Waals surface area contributed by atoms with Crippen LogP contribution in [0.1, 0.15) is 49.4 Å². The van der Waals surface area contributed by atoms with Crippen LogP contribution in [0, 0.1) is 12.7 Å². The van der Waals surface area contributed by atoms with Gasteiger partial charge >= 0.3 is 0 Å². The maximum Gasteiger partial charge on any atom is 0.159 e. The summed E-state index contributed by atoms with van der Waals surface area (Å²) < 4.78 is 16.0. The molecule has 1 saturated carbocycles. The monoisotopic (exact) mass is 338 g/mol. The topological polar surface area (TPSA) is 43.6 Å². The van der Waals surface area contributed by atoms with Gasteiger partial charge in [0, 0.05) is 12.0 Å². The van der Waals surface area contributed by atoms with E-state index in [-0.39, 0.29) is 5.82 Å². The third-order valence-electron chi connectivity index (χ3n) is 3.93. The Hall–Kier alpha value is -1.30. The molecule has 1 aliphatic rings. The lowest BCUT2D eigenvalue weighted by molar-refractivity contribution is 0.422. The van der Waals surface area contributed by atoms with Crippen molar-refractivity contribution in [3.8, 4) is 5.69 Å². The number of halogens is 2. The highest BCUT2D eigenvalue weighted by Crippen LogP contribution is 2.33. The first-order chi connectivity index (χ1) is 9.66. The van der Waals surface area contributed by atoms with Crippen LogP contribution in [0.3, 0.4) is 0 Å². The summed E-state index contributed by atoms with van der Waals surface area (Å²) in [6, 6.07) is 3.25. The average Bonchev–Trinajstić information content (AvgIpc) is 2.93. The van der Waals surface area contributed by atoms with Gasteiger partial charge in [-0.15, -0.1) is 5.10 Å². The lowest BCUT2D eigenvalue weighted by Crippen LogP contribution is -2.13. The van der Waals surface area contributed by atoms with E-state index >= 15 is 0 Å². The predicted octanol–water partition coefficient (Wildman–Crippen LogP) is 3.92. The Bertz CT molecular complexity index is 620. The molecule has 6 heteroatoms. The van der Waals surface area contributed by atoms with E-state index in [1.807, 2.05) is 6.92 Å². The number of nitrogens with zero attached hydrogens (tertiary/aromatic N) is 4. The summed E-state index contributed by atoms with van der Waals surface area (Å²) in [7, 11) is 0. The van der Waals surface area contributed by atoms with Gasteiger partial charge in [0.2, 0.25) is 0 Å². The number of benzene rings is 1. The normalized spacial score (nSPS) is 16.6. The van der Waals surface area contributed by atoms with Crippen LogP contribution in [0.4, 0.5) is 4.39 Å². The van der Waals surface area contributed by atoms with Crippen LogP contribution < -0.4 is 0 Å². The van der Waals surface area contributed by atoms with Gasteiger partial charge in [-0.1, -0.05) is 19.3 Å². The van der Waals surface area contributed by atoms with Crippen molar-refractivity contribution >= 4 is 15.9 Å². The fourth-order valence-electron chi connectivity index (χ4n) is 2.84. The molecule has 0 saturated heterocycles. The smallest absolute Gasteiger partial charge is 0.159 e. The van der Waals surface area contributed by atoms with E-state index in [1.165, 1.54) is 25.3 Å². The zero-order valence-electron chi connectivity index (χ0n) is 11.3. The maximum atomic E-state index is 13.8. The van der Waals surface area contributed by atoms with Crippen molar-refractivity contribution in [2.75, 3.05) is 0 Å². The number of hydrogen-bond acceptors (Lipinski definition) is 3. The summed E-state index contributed by atoms with van der Waals surface area (Å²) in [6.45, 7) is 1.94. The third-order valence-corrected chi connectivity index (χ3v) is 4.54. The molecule has 3 rings (SSSR count). The molecule has 0 N–H and O–H groups in total. The highest BCUT2D eigenvalue weighted by Gasteiger charge is 2.23. The van der Waals surface area contributed by atoms with Crippen LogP contribution in [0.15, 0.2) is 16.6 Å². The second-order valence-electron chi connectivity index (χ2n) is 5.34. The number of rotatable bonds is 2. The number of aryl methyl sites for hydroxylation is 1. The van der Waals surface area contributed by atoms with E-state index in [4.69, 9.17) is 0 Å². The summed E-state index contributed by atoms with van der Waals surface area (Å²) in [4.78, 5) is 0. The molecule has 4 nitrogen and oxygen atoms in total. The predicted molar refractivity (Wildman–Crippen MR) is 77.4 cm³/mol. The van der Waals surface area contributed by atoms with Crippen LogP contribution >= 0.6 is 15.9 Å². The Balaban J connectivity index is 2.03. The molecule has 2 aromatic rings. The van der Waals surface area contributed by atoms with Crippen LogP contribution in [0.25, 0.3) is 5.69 Å². The van der Waals surface area contributed by atoms with Crippen molar-refractivity contribution in [1.82, 2.24) is 20.2 Å². The van der Waals surface area contributed by atoms with Crippen LogP contribution in [0.2, 0.25) is 0 Å². The molecule has 1 aliphatic carbocycles. The molecule has 1 aromatic heterocycles. The van der Waals surface area contributed by atoms with Crippen molar-refractivity contribution < 1.29 is 4.39 Å². The summed E-state index contributed by atoms with van der Waals surface area (Å²) >= 11 is 3.20. The second-order valence-corrected chi connectivity index (χ2v) is 6.19. The summed E-state index contributed by atoms with van der Waals surface area (Å²) in [6.07, 6.45) is 5.93. The summed E-state index contributed by atoms with van der Waals surface area (Å²) in [5.74, 6) is 0.940. The van der Waals surface area contributed by atoms with Gasteiger partial charge in [-0.05, 0) is 57.8 Å². The Morgan fingerprint density at radius 2 is 2.00 bits per heavy atom. The van der Waals surface area contributed by atoms with E-state index < -0.39 is 0 Å². The molecule has 0 spiro atoms. The molecule has 1 aromatic carbocycles. The van der Waals surface area contributed by atoms with Crippen LogP contribution in [-0.4, -0.2) is 20.2 Å². The minimum Gasteiger partial charge on any atom is -0.206 e. The molecule has 0 bridgehead atoms. The van der Waals surface area contributed by atoms with Gasteiger partial charge in [0.25, 0.3) is 0 Å². The van der Waals surface area contributed by atoms with Crippen molar-refractivity contribution in [3.05, 3.63) is 33.8 Å². The second kappa shape index (κ2) is 5.60. The lowest BCUT2D eigenvalue weighted by Gasteiger charge is -2.21. The van der Waals surface area contributed by atoms with E-state index in [0.29, 0.717) is 10.4 Å². The Labute approximate surface area is 125 Å². The quantitative estimate of drug-likeness (QED) is 0.833. The van der Waals surface area contributed by atoms with Gasteiger partial charge in [0.1, 0.15) is 5.82 Å². The molecule has 0 aliphatic heterocycles. The highest BCUT2D eigenvalue weighted by molar-refractivity contribution is 9.10. The molecule has 0 radical (unpaired) electrons. The first kappa shape index (κ1) is 13.7. The van der Waals surface area contributed by atoms with E-state index in [9.17, 15) is 4.39 Å². The number of aromatic nitrogens is 4. The first-order valence-corrected chi connectivity index (χ1v) is 7.70. The SMILES string of the molecule is Cc1cc(Br)c(F)cc1-n1nnnc1C1CCCCC1. The minimum atomic E-state index is -0.296. The van der Waals surface area contributed by atoms with Gasteiger partial charge in [0.15, 0.2) is 5.82 Å². The van der Waals surface area contributed by atoms with Crippen LogP contribution in [0.5, 0.6) is 0 Å². The zero-order chi connectivity index (χ0) is 14.1. The maximum absolute atomic E-state index is 13.8. The number of tetrazole rings is 1. The van der Waals surface area contributed by atoms with Crippen molar-refractivity contribution in [3.63, 3.8) is 0 Å². The molecule has 1 fully saturated rings.